The summed E-state index contributed by atoms with van der Waals surface area (Å²) >= 11 is 0. The van der Waals surface area contributed by atoms with Gasteiger partial charge in [-0.1, -0.05) is 12.2 Å². The minimum Gasteiger partial charge on any atom is -0.481 e. The van der Waals surface area contributed by atoms with Gasteiger partial charge >= 0.3 is 5.97 Å². The Morgan fingerprint density at radius 2 is 2.36 bits per heavy atom. The molecule has 2 saturated carbocycles. The maximum absolute atomic E-state index is 10.9. The Morgan fingerprint density at radius 3 is 2.64 bits per heavy atom. The van der Waals surface area contributed by atoms with Crippen molar-refractivity contribution < 1.29 is 9.90 Å². The van der Waals surface area contributed by atoms with Crippen molar-refractivity contribution in [1.29, 1.82) is 0 Å². The third-order valence-corrected chi connectivity index (χ3v) is 3.73. The molecule has 0 aromatic carbocycles. The zero-order chi connectivity index (χ0) is 7.64. The van der Waals surface area contributed by atoms with E-state index in [1.807, 2.05) is 0 Å². The first kappa shape index (κ1) is 5.81. The number of carbonyl (C=O) groups is 1. The smallest absolute Gasteiger partial charge is 0.310 e. The highest BCUT2D eigenvalue weighted by Gasteiger charge is 2.73. The summed E-state index contributed by atoms with van der Waals surface area (Å²) in [6.07, 6.45) is 6.37. The van der Waals surface area contributed by atoms with Crippen LogP contribution >= 0.6 is 0 Å². The molecule has 0 spiro atoms. The van der Waals surface area contributed by atoms with Crippen LogP contribution in [0, 0.1) is 23.2 Å². The van der Waals surface area contributed by atoms with E-state index in [1.54, 1.807) is 0 Å². The minimum absolute atomic E-state index is 0.292. The zero-order valence-electron chi connectivity index (χ0n) is 6.16. The highest BCUT2D eigenvalue weighted by Crippen LogP contribution is 2.73. The molecule has 4 atom stereocenters. The van der Waals surface area contributed by atoms with Crippen LogP contribution in [0.1, 0.15) is 12.8 Å². The largest absolute Gasteiger partial charge is 0.481 e. The second kappa shape index (κ2) is 1.38. The number of carboxylic acids is 1. The van der Waals surface area contributed by atoms with Gasteiger partial charge in [0.15, 0.2) is 0 Å². The predicted molar refractivity (Wildman–Crippen MR) is 38.9 cm³/mol. The maximum Gasteiger partial charge on any atom is 0.310 e. The zero-order valence-corrected chi connectivity index (χ0v) is 6.16. The fourth-order valence-corrected chi connectivity index (χ4v) is 3.16. The minimum atomic E-state index is -0.556. The molecular formula is C9H10O2. The van der Waals surface area contributed by atoms with E-state index < -0.39 is 5.97 Å². The predicted octanol–water partition coefficient (Wildman–Crippen LogP) is 1.28. The fraction of sp³-hybridized carbons (Fsp3) is 0.667. The summed E-state index contributed by atoms with van der Waals surface area (Å²) in [5, 5.41) is 9.00. The second-order valence-corrected chi connectivity index (χ2v) is 4.06. The summed E-state index contributed by atoms with van der Waals surface area (Å²) in [5.41, 5.74) is -0.292. The normalized spacial score (nSPS) is 56.2. The average molecular weight is 150 g/mol. The molecule has 0 radical (unpaired) electrons. The van der Waals surface area contributed by atoms with Gasteiger partial charge in [0.1, 0.15) is 0 Å². The van der Waals surface area contributed by atoms with Crippen molar-refractivity contribution in [2.75, 3.05) is 0 Å². The third-order valence-electron chi connectivity index (χ3n) is 3.73. The van der Waals surface area contributed by atoms with Gasteiger partial charge in [-0.15, -0.1) is 0 Å². The fourth-order valence-electron chi connectivity index (χ4n) is 3.16. The van der Waals surface area contributed by atoms with Crippen LogP contribution in [-0.2, 0) is 4.79 Å². The van der Waals surface area contributed by atoms with Crippen molar-refractivity contribution in [2.24, 2.45) is 23.2 Å². The van der Waals surface area contributed by atoms with Crippen LogP contribution in [0.3, 0.4) is 0 Å². The van der Waals surface area contributed by atoms with Crippen LogP contribution in [0.2, 0.25) is 0 Å². The molecule has 4 unspecified atom stereocenters. The number of rotatable bonds is 1. The van der Waals surface area contributed by atoms with E-state index >= 15 is 0 Å². The molecule has 4 aliphatic rings. The van der Waals surface area contributed by atoms with E-state index in [-0.39, 0.29) is 5.41 Å². The SMILES string of the molecule is O=C(O)C12CC3C=CC1C2C3. The first-order chi connectivity index (χ1) is 5.25. The van der Waals surface area contributed by atoms with Crippen LogP contribution in [0.5, 0.6) is 0 Å². The van der Waals surface area contributed by atoms with Gasteiger partial charge in [0.2, 0.25) is 0 Å². The summed E-state index contributed by atoms with van der Waals surface area (Å²) in [5.74, 6) is 0.917. The summed E-state index contributed by atoms with van der Waals surface area (Å²) in [6.45, 7) is 0. The van der Waals surface area contributed by atoms with Crippen molar-refractivity contribution in [1.82, 2.24) is 0 Å². The molecule has 0 aromatic heterocycles. The van der Waals surface area contributed by atoms with Crippen LogP contribution in [-0.4, -0.2) is 11.1 Å². The second-order valence-electron chi connectivity index (χ2n) is 4.06. The molecule has 0 amide bonds. The van der Waals surface area contributed by atoms with Crippen molar-refractivity contribution in [3.05, 3.63) is 12.2 Å². The van der Waals surface area contributed by atoms with Gasteiger partial charge in [0.05, 0.1) is 5.41 Å². The van der Waals surface area contributed by atoms with Gasteiger partial charge in [-0.25, -0.2) is 0 Å². The van der Waals surface area contributed by atoms with Gasteiger partial charge in [-0.2, -0.15) is 0 Å². The Morgan fingerprint density at radius 1 is 1.55 bits per heavy atom. The summed E-state index contributed by atoms with van der Waals surface area (Å²) in [6, 6.07) is 0. The third kappa shape index (κ3) is 0.434. The van der Waals surface area contributed by atoms with Crippen molar-refractivity contribution in [3.8, 4) is 0 Å². The number of hydrogen-bond donors (Lipinski definition) is 1. The first-order valence-electron chi connectivity index (χ1n) is 4.17. The quantitative estimate of drug-likeness (QED) is 0.572. The van der Waals surface area contributed by atoms with Gasteiger partial charge in [-0.3, -0.25) is 4.79 Å². The van der Waals surface area contributed by atoms with E-state index in [0.717, 1.165) is 12.8 Å². The first-order valence-corrected chi connectivity index (χ1v) is 4.17. The lowest BCUT2D eigenvalue weighted by molar-refractivity contribution is -0.144. The summed E-state index contributed by atoms with van der Waals surface area (Å²) in [7, 11) is 0. The standard InChI is InChI=1S/C9H10O2/c10-8(11)9-4-5-1-2-6(9)7(9)3-5/h1-2,5-7H,3-4H2,(H,10,11). The van der Waals surface area contributed by atoms with Crippen molar-refractivity contribution in [2.45, 2.75) is 12.8 Å². The van der Waals surface area contributed by atoms with Gasteiger partial charge in [0, 0.05) is 0 Å². The van der Waals surface area contributed by atoms with Crippen molar-refractivity contribution in [3.63, 3.8) is 0 Å². The van der Waals surface area contributed by atoms with Crippen LogP contribution in [0.15, 0.2) is 12.2 Å². The lowest BCUT2D eigenvalue weighted by atomic mass is 9.87. The highest BCUT2D eigenvalue weighted by atomic mass is 16.4. The molecule has 0 saturated heterocycles. The summed E-state index contributed by atoms with van der Waals surface area (Å²) < 4.78 is 0. The Balaban J connectivity index is 2.08. The van der Waals surface area contributed by atoms with E-state index in [1.165, 1.54) is 0 Å². The lowest BCUT2D eigenvalue weighted by Gasteiger charge is -2.17. The molecule has 2 heteroatoms. The molecule has 11 heavy (non-hydrogen) atoms. The molecule has 4 rings (SSSR count). The lowest BCUT2D eigenvalue weighted by Crippen LogP contribution is -2.19. The van der Waals surface area contributed by atoms with Crippen LogP contribution in [0.4, 0.5) is 0 Å². The molecule has 58 valence electrons. The molecule has 0 aliphatic heterocycles. The van der Waals surface area contributed by atoms with Gasteiger partial charge in [-0.05, 0) is 30.6 Å². The Bertz CT molecular complexity index is 269. The van der Waals surface area contributed by atoms with Crippen molar-refractivity contribution >= 4 is 5.97 Å². The Hall–Kier alpha value is -0.790. The average Bonchev–Trinajstić information content (AvgIpc) is 2.52. The highest BCUT2D eigenvalue weighted by molar-refractivity contribution is 5.81. The van der Waals surface area contributed by atoms with E-state index in [4.69, 9.17) is 5.11 Å². The molecule has 2 nitrogen and oxygen atoms in total. The number of carboxylic acid groups (broad SMARTS) is 1. The van der Waals surface area contributed by atoms with E-state index in [9.17, 15) is 4.79 Å². The molecule has 4 bridgehead atoms. The molecule has 4 aliphatic carbocycles. The number of hydrogen-bond acceptors (Lipinski definition) is 1. The molecule has 0 heterocycles. The van der Waals surface area contributed by atoms with E-state index in [2.05, 4.69) is 12.2 Å². The van der Waals surface area contributed by atoms with Crippen LogP contribution < -0.4 is 0 Å². The number of allylic oxidation sites excluding steroid dienone is 2. The Kier molecular flexibility index (Phi) is 0.729. The van der Waals surface area contributed by atoms with Gasteiger partial charge < -0.3 is 5.11 Å². The van der Waals surface area contributed by atoms with E-state index in [0.29, 0.717) is 17.8 Å². The summed E-state index contributed by atoms with van der Waals surface area (Å²) in [4.78, 5) is 10.9. The molecular weight excluding hydrogens is 140 g/mol. The monoisotopic (exact) mass is 150 g/mol. The molecule has 2 fully saturated rings. The topological polar surface area (TPSA) is 37.3 Å². The maximum atomic E-state index is 10.9. The van der Waals surface area contributed by atoms with Gasteiger partial charge in [0.25, 0.3) is 0 Å². The molecule has 0 aromatic rings. The molecule has 1 N–H and O–H groups in total. The number of aliphatic carboxylic acids is 1. The van der Waals surface area contributed by atoms with Crippen LogP contribution in [0.25, 0.3) is 0 Å². The Labute approximate surface area is 64.9 Å².